The number of aromatic nitrogens is 2. The molecule has 0 radical (unpaired) electrons. The van der Waals surface area contributed by atoms with E-state index in [9.17, 15) is 26.9 Å². The Hall–Kier alpha value is -3.10. The fourth-order valence-corrected chi connectivity index (χ4v) is 5.72. The van der Waals surface area contributed by atoms with Gasteiger partial charge >= 0.3 is 6.18 Å². The monoisotopic (exact) mass is 506 g/mol. The molecule has 1 aromatic carbocycles. The van der Waals surface area contributed by atoms with Gasteiger partial charge in [-0.1, -0.05) is 19.3 Å². The largest absolute Gasteiger partial charge is 0.497 e. The van der Waals surface area contributed by atoms with Crippen molar-refractivity contribution in [3.63, 3.8) is 0 Å². The highest BCUT2D eigenvalue weighted by Gasteiger charge is 2.39. The number of halogens is 3. The van der Waals surface area contributed by atoms with Gasteiger partial charge < -0.3 is 9.30 Å². The Balaban J connectivity index is 1.83. The molecule has 0 amide bonds. The van der Waals surface area contributed by atoms with Crippen molar-refractivity contribution in [2.24, 2.45) is 0 Å². The highest BCUT2D eigenvalue weighted by Crippen LogP contribution is 2.41. The summed E-state index contributed by atoms with van der Waals surface area (Å²) in [5.74, 6) is 0.641. The summed E-state index contributed by atoms with van der Waals surface area (Å²) in [6, 6.07) is 8.23. The van der Waals surface area contributed by atoms with Gasteiger partial charge in [-0.25, -0.2) is 8.42 Å². The lowest BCUT2D eigenvalue weighted by Crippen LogP contribution is -2.42. The van der Waals surface area contributed by atoms with Crippen molar-refractivity contribution in [3.8, 4) is 23.2 Å². The van der Waals surface area contributed by atoms with Crippen LogP contribution >= 0.6 is 0 Å². The molecular weight excluding hydrogens is 481 g/mol. The van der Waals surface area contributed by atoms with Crippen LogP contribution in [0.1, 0.15) is 50.6 Å². The first-order chi connectivity index (χ1) is 16.6. The number of benzene rings is 1. The minimum atomic E-state index is -4.72. The van der Waals surface area contributed by atoms with Crippen LogP contribution in [0.2, 0.25) is 0 Å². The number of methoxy groups -OCH3 is 1. The van der Waals surface area contributed by atoms with Gasteiger partial charge in [0, 0.05) is 23.7 Å². The molecular formula is C24H25F3N4O3S. The van der Waals surface area contributed by atoms with Crippen molar-refractivity contribution in [2.45, 2.75) is 62.2 Å². The lowest BCUT2D eigenvalue weighted by molar-refractivity contribution is -0.147. The number of rotatable bonds is 6. The van der Waals surface area contributed by atoms with Crippen LogP contribution in [0.3, 0.4) is 0 Å². The third-order valence-corrected chi connectivity index (χ3v) is 7.90. The number of hydrogen-bond donors (Lipinski definition) is 1. The summed E-state index contributed by atoms with van der Waals surface area (Å²) in [6.07, 6.45) is 1.37. The van der Waals surface area contributed by atoms with Crippen molar-refractivity contribution < 1.29 is 26.3 Å². The van der Waals surface area contributed by atoms with E-state index >= 15 is 0 Å². The van der Waals surface area contributed by atoms with E-state index in [1.165, 1.54) is 12.1 Å². The second kappa shape index (κ2) is 9.51. The van der Waals surface area contributed by atoms with Gasteiger partial charge in [-0.3, -0.25) is 4.98 Å². The summed E-state index contributed by atoms with van der Waals surface area (Å²) in [5.41, 5.74) is 2.15. The zero-order chi connectivity index (χ0) is 25.4. The second-order valence-electron chi connectivity index (χ2n) is 8.64. The Kier molecular flexibility index (Phi) is 6.79. The molecule has 1 aliphatic rings. The van der Waals surface area contributed by atoms with Gasteiger partial charge in [-0.05, 0) is 44.0 Å². The van der Waals surface area contributed by atoms with E-state index in [2.05, 4.69) is 15.6 Å². The molecule has 0 bridgehead atoms. The van der Waals surface area contributed by atoms with E-state index in [1.54, 1.807) is 17.9 Å². The number of ether oxygens (including phenoxy) is 1. The van der Waals surface area contributed by atoms with Crippen molar-refractivity contribution in [1.29, 1.82) is 5.26 Å². The predicted molar refractivity (Wildman–Crippen MR) is 124 cm³/mol. The second-order valence-corrected chi connectivity index (χ2v) is 10.4. The highest BCUT2D eigenvalue weighted by atomic mass is 32.2. The van der Waals surface area contributed by atoms with Gasteiger partial charge in [0.05, 0.1) is 29.6 Å². The van der Waals surface area contributed by atoms with Crippen LogP contribution in [0, 0.1) is 11.3 Å². The number of hydrogen-bond acceptors (Lipinski definition) is 5. The molecule has 4 rings (SSSR count). The van der Waals surface area contributed by atoms with Gasteiger partial charge in [0.1, 0.15) is 22.8 Å². The number of nitrogens with one attached hydrogen (secondary N) is 1. The van der Waals surface area contributed by atoms with E-state index in [4.69, 9.17) is 4.74 Å². The maximum atomic E-state index is 12.9. The summed E-state index contributed by atoms with van der Waals surface area (Å²) in [6.45, 7) is 0.732. The van der Waals surface area contributed by atoms with Crippen LogP contribution in [-0.2, 0) is 10.0 Å². The van der Waals surface area contributed by atoms with Gasteiger partial charge in [0.15, 0.2) is 0 Å². The molecule has 11 heteroatoms. The Morgan fingerprint density at radius 2 is 1.91 bits per heavy atom. The molecule has 7 nitrogen and oxygen atoms in total. The quantitative estimate of drug-likeness (QED) is 0.488. The van der Waals surface area contributed by atoms with E-state index < -0.39 is 27.1 Å². The summed E-state index contributed by atoms with van der Waals surface area (Å²) < 4.78 is 72.6. The molecule has 2 heterocycles. The lowest BCUT2D eigenvalue weighted by atomic mass is 9.95. The molecule has 0 spiro atoms. The molecule has 0 aliphatic heterocycles. The van der Waals surface area contributed by atoms with E-state index in [1.807, 2.05) is 12.1 Å². The van der Waals surface area contributed by atoms with Crippen LogP contribution in [0.5, 0.6) is 5.75 Å². The number of fused-ring (bicyclic) bond motifs is 1. The highest BCUT2D eigenvalue weighted by molar-refractivity contribution is 7.89. The van der Waals surface area contributed by atoms with Gasteiger partial charge in [0.25, 0.3) is 0 Å². The maximum Gasteiger partial charge on any atom is 0.404 e. The van der Waals surface area contributed by atoms with Gasteiger partial charge in [-0.15, -0.1) is 0 Å². The Bertz CT molecular complexity index is 1370. The molecule has 1 fully saturated rings. The minimum Gasteiger partial charge on any atom is -0.497 e. The first-order valence-electron chi connectivity index (χ1n) is 11.2. The van der Waals surface area contributed by atoms with Gasteiger partial charge in [-0.2, -0.15) is 23.2 Å². The fourth-order valence-electron chi connectivity index (χ4n) is 4.55. The predicted octanol–water partition coefficient (Wildman–Crippen LogP) is 5.32. The Morgan fingerprint density at radius 3 is 2.49 bits per heavy atom. The summed E-state index contributed by atoms with van der Waals surface area (Å²) in [4.78, 5) is 3.89. The van der Waals surface area contributed by atoms with Crippen molar-refractivity contribution in [1.82, 2.24) is 14.3 Å². The van der Waals surface area contributed by atoms with Crippen LogP contribution in [0.15, 0.2) is 41.4 Å². The zero-order valence-electron chi connectivity index (χ0n) is 19.3. The van der Waals surface area contributed by atoms with Gasteiger partial charge in [0.2, 0.25) is 10.0 Å². The van der Waals surface area contributed by atoms with Crippen LogP contribution in [-0.4, -0.2) is 37.3 Å². The first kappa shape index (κ1) is 25.0. The molecule has 186 valence electrons. The zero-order valence-corrected chi connectivity index (χ0v) is 20.1. The van der Waals surface area contributed by atoms with Crippen molar-refractivity contribution >= 4 is 20.9 Å². The van der Waals surface area contributed by atoms with Crippen molar-refractivity contribution in [3.05, 3.63) is 42.1 Å². The van der Waals surface area contributed by atoms with E-state index in [0.29, 0.717) is 22.7 Å². The number of nitrogens with zero attached hydrogens (tertiary/aromatic N) is 3. The fraction of sp³-hybridized carbons (Fsp3) is 0.417. The van der Waals surface area contributed by atoms with E-state index in [0.717, 1.165) is 56.1 Å². The molecule has 0 unspecified atom stereocenters. The van der Waals surface area contributed by atoms with Crippen LogP contribution in [0.25, 0.3) is 22.3 Å². The molecule has 1 N–H and O–H groups in total. The molecule has 35 heavy (non-hydrogen) atoms. The normalized spacial score (nSPS) is 16.2. The van der Waals surface area contributed by atoms with Crippen LogP contribution < -0.4 is 9.46 Å². The molecule has 1 saturated carbocycles. The third-order valence-electron chi connectivity index (χ3n) is 6.38. The standard InChI is InChI=1S/C24H25F3N4O3S/c1-15(24(25,26)27)30-35(32,33)18-9-11-21(29-14-18)23-20(13-28)19-10-8-17(34-2)12-22(19)31(23)16-6-4-3-5-7-16/h8-12,14-16,30H,3-7H2,1-2H3/t15-/m1/s1. The first-order valence-corrected chi connectivity index (χ1v) is 12.7. The summed E-state index contributed by atoms with van der Waals surface area (Å²) >= 11 is 0. The molecule has 2 aromatic heterocycles. The number of alkyl halides is 3. The number of nitriles is 1. The number of sulfonamides is 1. The minimum absolute atomic E-state index is 0.120. The lowest BCUT2D eigenvalue weighted by Gasteiger charge is -2.26. The molecule has 1 aliphatic carbocycles. The molecule has 1 atom stereocenters. The Morgan fingerprint density at radius 1 is 1.20 bits per heavy atom. The maximum absolute atomic E-state index is 12.9. The molecule has 3 aromatic rings. The SMILES string of the molecule is COc1ccc2c(C#N)c(-c3ccc(S(=O)(=O)N[C@H](C)C(F)(F)F)cn3)n(C3CCCCC3)c2c1. The average molecular weight is 507 g/mol. The third kappa shape index (κ3) is 4.86. The topological polar surface area (TPSA) is 97.0 Å². The summed E-state index contributed by atoms with van der Waals surface area (Å²) in [5, 5.41) is 10.8. The average Bonchev–Trinajstić information content (AvgIpc) is 3.17. The van der Waals surface area contributed by atoms with Crippen LogP contribution in [0.4, 0.5) is 13.2 Å². The molecule has 0 saturated heterocycles. The number of pyridine rings is 1. The van der Waals surface area contributed by atoms with Crippen molar-refractivity contribution in [2.75, 3.05) is 7.11 Å². The van der Waals surface area contributed by atoms with E-state index in [-0.39, 0.29) is 6.04 Å². The Labute approximate surface area is 201 Å². The summed E-state index contributed by atoms with van der Waals surface area (Å²) in [7, 11) is -2.88. The smallest absolute Gasteiger partial charge is 0.404 e.